The summed E-state index contributed by atoms with van der Waals surface area (Å²) in [6.45, 7) is 5.23. The van der Waals surface area contributed by atoms with Gasteiger partial charge >= 0.3 is 0 Å². The molecule has 106 valence electrons. The zero-order valence-electron chi connectivity index (χ0n) is 12.8. The molecule has 19 heavy (non-hydrogen) atoms. The molecule has 0 N–H and O–H groups in total. The van der Waals surface area contributed by atoms with Crippen molar-refractivity contribution in [2.75, 3.05) is 0 Å². The molecule has 1 unspecified atom stereocenters. The second kappa shape index (κ2) is 4.12. The lowest BCUT2D eigenvalue weighted by atomic mass is 9.46. The Kier molecular flexibility index (Phi) is 2.71. The molecule has 0 aromatic heterocycles. The fraction of sp³-hybridized carbons (Fsp3) is 0.895. The van der Waals surface area contributed by atoms with Crippen LogP contribution in [0.1, 0.15) is 71.6 Å². The third kappa shape index (κ3) is 1.64. The first-order valence-electron chi connectivity index (χ1n) is 8.81. The van der Waals surface area contributed by atoms with Gasteiger partial charge < -0.3 is 0 Å². The highest BCUT2D eigenvalue weighted by molar-refractivity contribution is 5.14. The predicted octanol–water partition coefficient (Wildman–Crippen LogP) is 5.59. The number of hydrogen-bond acceptors (Lipinski definition) is 0. The molecule has 0 aromatic carbocycles. The van der Waals surface area contributed by atoms with Gasteiger partial charge in [0.25, 0.3) is 0 Å². The summed E-state index contributed by atoms with van der Waals surface area (Å²) in [5.41, 5.74) is 1.29. The molecule has 4 rings (SSSR count). The lowest BCUT2D eigenvalue weighted by molar-refractivity contribution is -0.0679. The minimum Gasteiger partial charge on any atom is -0.0880 e. The second-order valence-corrected chi connectivity index (χ2v) is 8.58. The third-order valence-electron chi connectivity index (χ3n) is 7.90. The third-order valence-corrected chi connectivity index (χ3v) is 7.90. The molecule has 0 spiro atoms. The van der Waals surface area contributed by atoms with Crippen molar-refractivity contribution in [1.29, 1.82) is 0 Å². The maximum absolute atomic E-state index is 2.65. The maximum atomic E-state index is 2.65. The summed E-state index contributed by atoms with van der Waals surface area (Å²) in [4.78, 5) is 0. The Balaban J connectivity index is 1.68. The zero-order chi connectivity index (χ0) is 13.1. The summed E-state index contributed by atoms with van der Waals surface area (Å²) in [5, 5.41) is 0. The van der Waals surface area contributed by atoms with Crippen LogP contribution in [0.2, 0.25) is 0 Å². The van der Waals surface area contributed by atoms with Crippen LogP contribution in [0.25, 0.3) is 0 Å². The Bertz CT molecular complexity index is 395. The predicted molar refractivity (Wildman–Crippen MR) is 80.9 cm³/mol. The van der Waals surface area contributed by atoms with Crippen LogP contribution in [0, 0.1) is 34.5 Å². The van der Waals surface area contributed by atoms with Gasteiger partial charge in [-0.3, -0.25) is 0 Å². The molecular weight excluding hydrogens is 228 g/mol. The Morgan fingerprint density at radius 2 is 1.79 bits per heavy atom. The van der Waals surface area contributed by atoms with Gasteiger partial charge in [0.2, 0.25) is 0 Å². The number of hydrogen-bond donors (Lipinski definition) is 0. The lowest BCUT2D eigenvalue weighted by Crippen LogP contribution is -2.50. The highest BCUT2D eigenvalue weighted by Crippen LogP contribution is 2.65. The van der Waals surface area contributed by atoms with E-state index in [0.29, 0.717) is 5.41 Å². The van der Waals surface area contributed by atoms with Crippen molar-refractivity contribution >= 4 is 0 Å². The summed E-state index contributed by atoms with van der Waals surface area (Å²) < 4.78 is 0. The lowest BCUT2D eigenvalue weighted by Gasteiger charge is -2.58. The standard InChI is InChI=1S/C19H30/c1-18-11-5-7-16(18)15-9-8-14-6-3-4-12-19(14,2)17(15)10-13-18/h4,12,14-17H,3,5-11,13H2,1-2H3/t14?,15-,16-,17+,18-,19-/m0/s1. The van der Waals surface area contributed by atoms with Crippen molar-refractivity contribution in [2.24, 2.45) is 34.5 Å². The van der Waals surface area contributed by atoms with Gasteiger partial charge in [0, 0.05) is 0 Å². The maximum Gasteiger partial charge on any atom is -0.00872 e. The summed E-state index contributed by atoms with van der Waals surface area (Å²) >= 11 is 0. The molecule has 0 radical (unpaired) electrons. The monoisotopic (exact) mass is 258 g/mol. The van der Waals surface area contributed by atoms with Gasteiger partial charge in [0.1, 0.15) is 0 Å². The number of rotatable bonds is 0. The smallest absolute Gasteiger partial charge is 0.00872 e. The highest BCUT2D eigenvalue weighted by Gasteiger charge is 2.56. The number of allylic oxidation sites excluding steroid dienone is 2. The molecule has 3 saturated carbocycles. The Morgan fingerprint density at radius 3 is 2.68 bits per heavy atom. The molecule has 0 bridgehead atoms. The number of fused-ring (bicyclic) bond motifs is 5. The first-order chi connectivity index (χ1) is 9.13. The fourth-order valence-electron chi connectivity index (χ4n) is 6.81. The van der Waals surface area contributed by atoms with E-state index in [2.05, 4.69) is 26.0 Å². The van der Waals surface area contributed by atoms with Crippen LogP contribution in [0.4, 0.5) is 0 Å². The average molecular weight is 258 g/mol. The van der Waals surface area contributed by atoms with E-state index in [9.17, 15) is 0 Å². The molecule has 0 nitrogen and oxygen atoms in total. The fourth-order valence-corrected chi connectivity index (χ4v) is 6.81. The first kappa shape index (κ1) is 12.5. The Morgan fingerprint density at radius 1 is 0.895 bits per heavy atom. The van der Waals surface area contributed by atoms with Crippen molar-refractivity contribution < 1.29 is 0 Å². The van der Waals surface area contributed by atoms with E-state index in [0.717, 1.165) is 29.1 Å². The molecule has 4 aliphatic carbocycles. The van der Waals surface area contributed by atoms with Crippen LogP contribution < -0.4 is 0 Å². The van der Waals surface area contributed by atoms with E-state index >= 15 is 0 Å². The average Bonchev–Trinajstić information content (AvgIpc) is 2.79. The van der Waals surface area contributed by atoms with Gasteiger partial charge in [-0.05, 0) is 85.9 Å². The summed E-state index contributed by atoms with van der Waals surface area (Å²) in [7, 11) is 0. The summed E-state index contributed by atoms with van der Waals surface area (Å²) in [6, 6.07) is 0. The summed E-state index contributed by atoms with van der Waals surface area (Å²) in [6.07, 6.45) is 18.7. The van der Waals surface area contributed by atoms with Crippen molar-refractivity contribution in [1.82, 2.24) is 0 Å². The van der Waals surface area contributed by atoms with Crippen molar-refractivity contribution in [3.63, 3.8) is 0 Å². The molecule has 0 aromatic rings. The van der Waals surface area contributed by atoms with E-state index < -0.39 is 0 Å². The summed E-state index contributed by atoms with van der Waals surface area (Å²) in [5.74, 6) is 4.15. The van der Waals surface area contributed by atoms with Gasteiger partial charge in [-0.25, -0.2) is 0 Å². The van der Waals surface area contributed by atoms with Crippen LogP contribution in [-0.4, -0.2) is 0 Å². The van der Waals surface area contributed by atoms with Gasteiger partial charge in [-0.15, -0.1) is 0 Å². The zero-order valence-corrected chi connectivity index (χ0v) is 12.8. The van der Waals surface area contributed by atoms with Gasteiger partial charge in [0.15, 0.2) is 0 Å². The molecular formula is C19H30. The molecule has 3 fully saturated rings. The van der Waals surface area contributed by atoms with Gasteiger partial charge in [-0.1, -0.05) is 32.4 Å². The normalized spacial score (nSPS) is 56.3. The van der Waals surface area contributed by atoms with Crippen molar-refractivity contribution in [3.8, 4) is 0 Å². The molecule has 0 amide bonds. The molecule has 0 heteroatoms. The SMILES string of the molecule is C[C@@]12CCC[C@H]1[C@@H]1CCC3CCC=C[C@]3(C)[C@@H]1CC2. The minimum absolute atomic E-state index is 0.561. The molecule has 0 heterocycles. The van der Waals surface area contributed by atoms with Crippen LogP contribution >= 0.6 is 0 Å². The minimum atomic E-state index is 0.561. The largest absolute Gasteiger partial charge is 0.0880 e. The topological polar surface area (TPSA) is 0 Å². The molecule has 0 saturated heterocycles. The van der Waals surface area contributed by atoms with E-state index in [4.69, 9.17) is 0 Å². The second-order valence-electron chi connectivity index (χ2n) is 8.58. The Hall–Kier alpha value is -0.260. The van der Waals surface area contributed by atoms with Crippen LogP contribution in [-0.2, 0) is 0 Å². The van der Waals surface area contributed by atoms with E-state index in [1.807, 2.05) is 0 Å². The molecule has 0 aliphatic heterocycles. The van der Waals surface area contributed by atoms with Gasteiger partial charge in [0.05, 0.1) is 0 Å². The quantitative estimate of drug-likeness (QED) is 0.497. The van der Waals surface area contributed by atoms with Gasteiger partial charge in [-0.2, -0.15) is 0 Å². The van der Waals surface area contributed by atoms with Crippen molar-refractivity contribution in [3.05, 3.63) is 12.2 Å². The van der Waals surface area contributed by atoms with E-state index in [-0.39, 0.29) is 0 Å². The van der Waals surface area contributed by atoms with Crippen LogP contribution in [0.15, 0.2) is 12.2 Å². The molecule has 6 atom stereocenters. The first-order valence-corrected chi connectivity index (χ1v) is 8.81. The Labute approximate surface area is 119 Å². The van der Waals surface area contributed by atoms with Crippen LogP contribution in [0.5, 0.6) is 0 Å². The van der Waals surface area contributed by atoms with Crippen molar-refractivity contribution in [2.45, 2.75) is 71.6 Å². The molecule has 4 aliphatic rings. The van der Waals surface area contributed by atoms with E-state index in [1.54, 1.807) is 12.8 Å². The van der Waals surface area contributed by atoms with E-state index in [1.165, 1.54) is 44.9 Å². The highest BCUT2D eigenvalue weighted by atomic mass is 14.6. The van der Waals surface area contributed by atoms with Crippen LogP contribution in [0.3, 0.4) is 0 Å².